The van der Waals surface area contributed by atoms with Crippen LogP contribution < -0.4 is 0 Å². The van der Waals surface area contributed by atoms with Crippen LogP contribution in [0.4, 0.5) is 5.69 Å². The zero-order valence-corrected chi connectivity index (χ0v) is 16.2. The van der Waals surface area contributed by atoms with Crippen molar-refractivity contribution in [1.29, 1.82) is 0 Å². The molecule has 0 saturated heterocycles. The summed E-state index contributed by atoms with van der Waals surface area (Å²) in [6.45, 7) is 10.9. The van der Waals surface area contributed by atoms with Crippen LogP contribution in [0.1, 0.15) is 29.2 Å². The first kappa shape index (κ1) is 20.6. The van der Waals surface area contributed by atoms with E-state index < -0.39 is 5.97 Å². The number of aryl methyl sites for hydroxylation is 1. The predicted molar refractivity (Wildman–Crippen MR) is 106 cm³/mol. The molecule has 0 aliphatic carbocycles. The van der Waals surface area contributed by atoms with E-state index in [4.69, 9.17) is 21.0 Å². The first-order chi connectivity index (χ1) is 13.5. The molecule has 0 bridgehead atoms. The lowest BCUT2D eigenvalue weighted by atomic mass is 9.99. The Kier molecular flexibility index (Phi) is 7.28. The molecule has 7 nitrogen and oxygen atoms in total. The normalized spacial score (nSPS) is 11.5. The Morgan fingerprint density at radius 3 is 2.43 bits per heavy atom. The summed E-state index contributed by atoms with van der Waals surface area (Å²) < 4.78 is 4.79. The summed E-state index contributed by atoms with van der Waals surface area (Å²) in [5, 5.41) is 7.95. The van der Waals surface area contributed by atoms with Crippen LogP contribution in [0, 0.1) is 13.5 Å². The van der Waals surface area contributed by atoms with Crippen molar-refractivity contribution in [1.82, 2.24) is 0 Å². The second-order valence-corrected chi connectivity index (χ2v) is 5.82. The molecule has 0 heterocycles. The average molecular weight is 379 g/mol. The molecule has 0 saturated carbocycles. The summed E-state index contributed by atoms with van der Waals surface area (Å²) in [6.07, 6.45) is 0. The summed E-state index contributed by atoms with van der Waals surface area (Å²) in [5.74, 6) is -0.603. The first-order valence-corrected chi connectivity index (χ1v) is 8.44. The number of rotatable bonds is 7. The lowest BCUT2D eigenvalue weighted by Gasteiger charge is -2.12. The third-order valence-electron chi connectivity index (χ3n) is 4.05. The maximum atomic E-state index is 12.1. The number of benzene rings is 2. The molecule has 2 aromatic rings. The second-order valence-electron chi connectivity index (χ2n) is 5.82. The van der Waals surface area contributed by atoms with Crippen molar-refractivity contribution in [3.63, 3.8) is 0 Å². The third-order valence-corrected chi connectivity index (χ3v) is 4.05. The largest absolute Gasteiger partial charge is 0.464 e. The van der Waals surface area contributed by atoms with E-state index in [0.717, 1.165) is 16.7 Å². The van der Waals surface area contributed by atoms with Gasteiger partial charge in [-0.3, -0.25) is 0 Å². The van der Waals surface area contributed by atoms with Crippen LogP contribution in [0.15, 0.2) is 52.8 Å². The maximum Gasteiger partial charge on any atom is 0.360 e. The molecular formula is C21H21N3O4. The number of oxime groups is 2. The number of hydrogen-bond acceptors (Lipinski definition) is 6. The van der Waals surface area contributed by atoms with Crippen molar-refractivity contribution in [3.05, 3.63) is 76.1 Å². The SMILES string of the molecule is [C-]#[N+]c1ccc(/C(C)=N/OCc2c(C)cccc2/C(=N\OC)C(=O)OC)cc1. The van der Waals surface area contributed by atoms with Crippen molar-refractivity contribution < 1.29 is 19.2 Å². The van der Waals surface area contributed by atoms with Crippen LogP contribution in [-0.4, -0.2) is 31.6 Å². The first-order valence-electron chi connectivity index (χ1n) is 8.44. The van der Waals surface area contributed by atoms with E-state index in [9.17, 15) is 4.79 Å². The number of hydrogen-bond donors (Lipinski definition) is 0. The van der Waals surface area contributed by atoms with Gasteiger partial charge >= 0.3 is 5.97 Å². The molecule has 144 valence electrons. The molecule has 7 heteroatoms. The van der Waals surface area contributed by atoms with Gasteiger partial charge in [0.15, 0.2) is 11.4 Å². The number of methoxy groups -OCH3 is 1. The number of ether oxygens (including phenoxy) is 1. The van der Waals surface area contributed by atoms with Gasteiger partial charge in [0, 0.05) is 11.1 Å². The van der Waals surface area contributed by atoms with Crippen LogP contribution in [-0.2, 0) is 25.8 Å². The molecular weight excluding hydrogens is 358 g/mol. The van der Waals surface area contributed by atoms with Gasteiger partial charge in [-0.25, -0.2) is 9.64 Å². The minimum absolute atomic E-state index is 0.0581. The molecule has 0 atom stereocenters. The van der Waals surface area contributed by atoms with Crippen molar-refractivity contribution in [3.8, 4) is 0 Å². The number of carbonyl (C=O) groups excluding carboxylic acids is 1. The van der Waals surface area contributed by atoms with E-state index in [1.807, 2.05) is 38.1 Å². The molecule has 2 rings (SSSR count). The smallest absolute Gasteiger partial charge is 0.360 e. The summed E-state index contributed by atoms with van der Waals surface area (Å²) in [7, 11) is 2.65. The van der Waals surface area contributed by atoms with E-state index >= 15 is 0 Å². The zero-order chi connectivity index (χ0) is 20.5. The monoisotopic (exact) mass is 379 g/mol. The number of carbonyl (C=O) groups is 1. The molecule has 0 amide bonds. The minimum atomic E-state index is -0.603. The highest BCUT2D eigenvalue weighted by atomic mass is 16.6. The van der Waals surface area contributed by atoms with Gasteiger partial charge in [-0.05, 0) is 25.0 Å². The highest BCUT2D eigenvalue weighted by molar-refractivity contribution is 6.43. The number of nitrogens with zero attached hydrogens (tertiary/aromatic N) is 3. The minimum Gasteiger partial charge on any atom is -0.464 e. The molecule has 0 N–H and O–H groups in total. The van der Waals surface area contributed by atoms with Gasteiger partial charge in [0.1, 0.15) is 13.7 Å². The molecule has 0 aliphatic rings. The Hall–Kier alpha value is -3.66. The van der Waals surface area contributed by atoms with Gasteiger partial charge in [0.05, 0.1) is 19.4 Å². The van der Waals surface area contributed by atoms with E-state index in [-0.39, 0.29) is 12.3 Å². The molecule has 2 aromatic carbocycles. The molecule has 0 fully saturated rings. The Morgan fingerprint density at radius 2 is 1.82 bits per heavy atom. The van der Waals surface area contributed by atoms with E-state index in [0.29, 0.717) is 17.0 Å². The Balaban J connectivity index is 2.25. The van der Waals surface area contributed by atoms with Crippen LogP contribution >= 0.6 is 0 Å². The van der Waals surface area contributed by atoms with Gasteiger partial charge in [-0.2, -0.15) is 0 Å². The fourth-order valence-electron chi connectivity index (χ4n) is 2.52. The maximum absolute atomic E-state index is 12.1. The van der Waals surface area contributed by atoms with E-state index in [2.05, 4.69) is 15.2 Å². The molecule has 0 aliphatic heterocycles. The molecule has 28 heavy (non-hydrogen) atoms. The van der Waals surface area contributed by atoms with Gasteiger partial charge < -0.3 is 14.4 Å². The van der Waals surface area contributed by atoms with Crippen molar-refractivity contribution in [2.45, 2.75) is 20.5 Å². The van der Waals surface area contributed by atoms with Crippen molar-refractivity contribution in [2.24, 2.45) is 10.3 Å². The van der Waals surface area contributed by atoms with Crippen LogP contribution in [0.25, 0.3) is 4.85 Å². The lowest BCUT2D eigenvalue weighted by Crippen LogP contribution is -2.20. The molecule has 0 aromatic heterocycles. The third kappa shape index (κ3) is 4.95. The van der Waals surface area contributed by atoms with Crippen molar-refractivity contribution in [2.75, 3.05) is 14.2 Å². The highest BCUT2D eigenvalue weighted by Crippen LogP contribution is 2.18. The Labute approximate surface area is 164 Å². The predicted octanol–water partition coefficient (Wildman–Crippen LogP) is 4.01. The molecule has 0 radical (unpaired) electrons. The summed E-state index contributed by atoms with van der Waals surface area (Å²) in [5.41, 5.74) is 4.38. The van der Waals surface area contributed by atoms with Gasteiger partial charge in [0.25, 0.3) is 0 Å². The second kappa shape index (κ2) is 9.88. The lowest BCUT2D eigenvalue weighted by molar-refractivity contribution is -0.132. The Bertz CT molecular complexity index is 941. The molecule has 0 unspecified atom stereocenters. The fraction of sp³-hybridized carbons (Fsp3) is 0.238. The van der Waals surface area contributed by atoms with Gasteiger partial charge in [0.2, 0.25) is 0 Å². The Morgan fingerprint density at radius 1 is 1.11 bits per heavy atom. The summed E-state index contributed by atoms with van der Waals surface area (Å²) >= 11 is 0. The average Bonchev–Trinajstić information content (AvgIpc) is 2.72. The van der Waals surface area contributed by atoms with Crippen LogP contribution in [0.3, 0.4) is 0 Å². The van der Waals surface area contributed by atoms with E-state index in [1.54, 1.807) is 18.2 Å². The summed E-state index contributed by atoms with van der Waals surface area (Å²) in [6, 6.07) is 12.6. The van der Waals surface area contributed by atoms with Crippen molar-refractivity contribution >= 4 is 23.1 Å². The van der Waals surface area contributed by atoms with Crippen LogP contribution in [0.2, 0.25) is 0 Å². The zero-order valence-electron chi connectivity index (χ0n) is 16.2. The summed E-state index contributed by atoms with van der Waals surface area (Å²) in [4.78, 5) is 25.8. The van der Waals surface area contributed by atoms with E-state index in [1.165, 1.54) is 14.2 Å². The van der Waals surface area contributed by atoms with Gasteiger partial charge in [-0.1, -0.05) is 52.8 Å². The highest BCUT2D eigenvalue weighted by Gasteiger charge is 2.20. The topological polar surface area (TPSA) is 73.8 Å². The van der Waals surface area contributed by atoms with Gasteiger partial charge in [-0.15, -0.1) is 0 Å². The number of esters is 1. The standard InChI is InChI=1S/C21H21N3O4/c1-14-7-6-8-18(20(24-27-5)21(25)26-4)19(14)13-28-23-15(2)16-9-11-17(22-3)12-10-16/h6-12H,13H2,1-2,4-5H3/b23-15+,24-20+. The fourth-order valence-corrected chi connectivity index (χ4v) is 2.52. The molecule has 0 spiro atoms. The quantitative estimate of drug-likeness (QED) is 0.315. The van der Waals surface area contributed by atoms with Crippen LogP contribution in [0.5, 0.6) is 0 Å².